The Morgan fingerprint density at radius 1 is 1.30 bits per heavy atom. The molecule has 4 nitrogen and oxygen atoms in total. The Balaban J connectivity index is 0.00000192. The number of fused-ring (bicyclic) bond motifs is 1. The standard InChI is InChI=1S/C16H13BrN2O2S.BrH/c1-21-13-6-3-7-14-15(13)19-16(22-14)18-9-12(20)10-4-2-5-11(17)8-10;/h2-8H,9H2,1H3,(H,18,19);1H. The summed E-state index contributed by atoms with van der Waals surface area (Å²) in [4.78, 5) is 16.7. The molecular formula is C16H14Br2N2O2S. The van der Waals surface area contributed by atoms with E-state index in [4.69, 9.17) is 4.74 Å². The number of methoxy groups -OCH3 is 1. The highest BCUT2D eigenvalue weighted by molar-refractivity contribution is 9.10. The summed E-state index contributed by atoms with van der Waals surface area (Å²) in [5.41, 5.74) is 1.48. The smallest absolute Gasteiger partial charge is 0.184 e. The molecule has 0 fully saturated rings. The number of carbonyl (C=O) groups excluding carboxylic acids is 1. The quantitative estimate of drug-likeness (QED) is 0.551. The first-order valence-electron chi connectivity index (χ1n) is 6.63. The monoisotopic (exact) mass is 456 g/mol. The molecule has 0 amide bonds. The lowest BCUT2D eigenvalue weighted by molar-refractivity contribution is 0.101. The second-order valence-electron chi connectivity index (χ2n) is 4.61. The maximum Gasteiger partial charge on any atom is 0.184 e. The first-order valence-corrected chi connectivity index (χ1v) is 8.24. The van der Waals surface area contributed by atoms with Crippen LogP contribution in [0.1, 0.15) is 10.4 Å². The van der Waals surface area contributed by atoms with Crippen molar-refractivity contribution in [1.82, 2.24) is 4.98 Å². The minimum absolute atomic E-state index is 0. The molecule has 0 aliphatic carbocycles. The number of ketones is 1. The van der Waals surface area contributed by atoms with Crippen molar-refractivity contribution in [1.29, 1.82) is 0 Å². The van der Waals surface area contributed by atoms with Crippen LogP contribution in [-0.4, -0.2) is 24.4 Å². The predicted octanol–water partition coefficient (Wildman–Crippen LogP) is 4.94. The number of para-hydroxylation sites is 1. The third-order valence-electron chi connectivity index (χ3n) is 3.15. The average molecular weight is 458 g/mol. The topological polar surface area (TPSA) is 51.2 Å². The number of Topliss-reactive ketones (excluding diaryl/α,β-unsaturated/α-hetero) is 1. The van der Waals surface area contributed by atoms with Gasteiger partial charge in [0.25, 0.3) is 0 Å². The summed E-state index contributed by atoms with van der Waals surface area (Å²) in [7, 11) is 1.62. The number of ether oxygens (including phenoxy) is 1. The van der Waals surface area contributed by atoms with E-state index in [9.17, 15) is 4.79 Å². The Kier molecular flexibility index (Phi) is 6.15. The molecule has 0 aliphatic heterocycles. The third kappa shape index (κ3) is 4.10. The number of nitrogens with one attached hydrogen (secondary N) is 1. The number of thiazole rings is 1. The van der Waals surface area contributed by atoms with Gasteiger partial charge in [0.15, 0.2) is 10.9 Å². The molecule has 7 heteroatoms. The van der Waals surface area contributed by atoms with E-state index in [1.807, 2.05) is 36.4 Å². The molecule has 0 saturated carbocycles. The van der Waals surface area contributed by atoms with Crippen LogP contribution in [0.2, 0.25) is 0 Å². The molecule has 0 atom stereocenters. The van der Waals surface area contributed by atoms with Crippen LogP contribution in [0.15, 0.2) is 46.9 Å². The number of halogens is 2. The Bertz CT molecular complexity index is 836. The van der Waals surface area contributed by atoms with Crippen LogP contribution in [0.25, 0.3) is 10.2 Å². The molecule has 0 unspecified atom stereocenters. The van der Waals surface area contributed by atoms with Gasteiger partial charge in [-0.05, 0) is 24.3 Å². The van der Waals surface area contributed by atoms with Crippen LogP contribution in [-0.2, 0) is 0 Å². The fourth-order valence-electron chi connectivity index (χ4n) is 2.08. The van der Waals surface area contributed by atoms with Gasteiger partial charge >= 0.3 is 0 Å². The van der Waals surface area contributed by atoms with Crippen molar-refractivity contribution in [2.75, 3.05) is 19.0 Å². The van der Waals surface area contributed by atoms with E-state index in [2.05, 4.69) is 26.2 Å². The van der Waals surface area contributed by atoms with Gasteiger partial charge < -0.3 is 10.1 Å². The van der Waals surface area contributed by atoms with Crippen molar-refractivity contribution in [2.45, 2.75) is 0 Å². The number of carbonyl (C=O) groups is 1. The number of rotatable bonds is 5. The number of anilines is 1. The van der Waals surface area contributed by atoms with Gasteiger partial charge in [0, 0.05) is 10.0 Å². The second kappa shape index (κ2) is 7.90. The van der Waals surface area contributed by atoms with Gasteiger partial charge in [0.2, 0.25) is 0 Å². The summed E-state index contributed by atoms with van der Waals surface area (Å²) in [6, 6.07) is 13.1. The molecule has 1 aromatic heterocycles. The first kappa shape index (κ1) is 17.9. The minimum Gasteiger partial charge on any atom is -0.494 e. The number of nitrogens with zero attached hydrogens (tertiary/aromatic N) is 1. The van der Waals surface area contributed by atoms with Gasteiger partial charge in [-0.1, -0.05) is 45.5 Å². The molecule has 0 radical (unpaired) electrons. The minimum atomic E-state index is 0. The van der Waals surface area contributed by atoms with Crippen molar-refractivity contribution in [2.24, 2.45) is 0 Å². The highest BCUT2D eigenvalue weighted by Crippen LogP contribution is 2.31. The van der Waals surface area contributed by atoms with Gasteiger partial charge in [0.1, 0.15) is 11.3 Å². The Morgan fingerprint density at radius 3 is 2.83 bits per heavy atom. The van der Waals surface area contributed by atoms with Gasteiger partial charge in [-0.25, -0.2) is 4.98 Å². The summed E-state index contributed by atoms with van der Waals surface area (Å²) < 4.78 is 7.21. The SMILES string of the molecule is Br.COc1cccc2sc(NCC(=O)c3cccc(Br)c3)nc12. The fraction of sp³-hybridized carbons (Fsp3) is 0.125. The second-order valence-corrected chi connectivity index (χ2v) is 6.56. The lowest BCUT2D eigenvalue weighted by Gasteiger charge is -2.02. The summed E-state index contributed by atoms with van der Waals surface area (Å²) in [5.74, 6) is 0.757. The lowest BCUT2D eigenvalue weighted by Crippen LogP contribution is -2.13. The van der Waals surface area contributed by atoms with Crippen LogP contribution in [0.5, 0.6) is 5.75 Å². The molecule has 3 aromatic rings. The molecule has 2 aromatic carbocycles. The first-order chi connectivity index (χ1) is 10.7. The van der Waals surface area contributed by atoms with Crippen molar-refractivity contribution in [3.8, 4) is 5.75 Å². The van der Waals surface area contributed by atoms with E-state index in [0.717, 1.165) is 20.4 Å². The molecule has 23 heavy (non-hydrogen) atoms. The van der Waals surface area contributed by atoms with Crippen LogP contribution < -0.4 is 10.1 Å². The van der Waals surface area contributed by atoms with E-state index in [1.54, 1.807) is 13.2 Å². The molecule has 0 aliphatic rings. The maximum absolute atomic E-state index is 12.2. The highest BCUT2D eigenvalue weighted by Gasteiger charge is 2.10. The average Bonchev–Trinajstić information content (AvgIpc) is 2.95. The molecule has 0 spiro atoms. The van der Waals surface area contributed by atoms with E-state index in [0.29, 0.717) is 10.7 Å². The number of benzene rings is 2. The van der Waals surface area contributed by atoms with E-state index < -0.39 is 0 Å². The van der Waals surface area contributed by atoms with Crippen molar-refractivity contribution < 1.29 is 9.53 Å². The lowest BCUT2D eigenvalue weighted by atomic mass is 10.1. The molecule has 3 rings (SSSR count). The van der Waals surface area contributed by atoms with Gasteiger partial charge in [-0.3, -0.25) is 4.79 Å². The largest absolute Gasteiger partial charge is 0.494 e. The van der Waals surface area contributed by atoms with Crippen LogP contribution in [0.4, 0.5) is 5.13 Å². The summed E-state index contributed by atoms with van der Waals surface area (Å²) >= 11 is 4.87. The van der Waals surface area contributed by atoms with E-state index >= 15 is 0 Å². The molecule has 0 bridgehead atoms. The molecule has 120 valence electrons. The summed E-state index contributed by atoms with van der Waals surface area (Å²) in [6.07, 6.45) is 0. The van der Waals surface area contributed by atoms with Crippen molar-refractivity contribution >= 4 is 65.4 Å². The molecule has 1 N–H and O–H groups in total. The molecule has 1 heterocycles. The summed E-state index contributed by atoms with van der Waals surface area (Å²) in [5, 5.41) is 3.80. The third-order valence-corrected chi connectivity index (χ3v) is 4.62. The predicted molar refractivity (Wildman–Crippen MR) is 103 cm³/mol. The van der Waals surface area contributed by atoms with Gasteiger partial charge in [0.05, 0.1) is 18.4 Å². The van der Waals surface area contributed by atoms with Crippen LogP contribution >= 0.6 is 44.2 Å². The number of aromatic nitrogens is 1. The zero-order valence-corrected chi connectivity index (χ0v) is 16.3. The van der Waals surface area contributed by atoms with Crippen LogP contribution in [0, 0.1) is 0 Å². The maximum atomic E-state index is 12.2. The Hall–Kier alpha value is -1.44. The zero-order valence-electron chi connectivity index (χ0n) is 12.2. The molecule has 0 saturated heterocycles. The number of hydrogen-bond donors (Lipinski definition) is 1. The van der Waals surface area contributed by atoms with Crippen LogP contribution in [0.3, 0.4) is 0 Å². The van der Waals surface area contributed by atoms with Gasteiger partial charge in [-0.2, -0.15) is 0 Å². The van der Waals surface area contributed by atoms with Crippen molar-refractivity contribution in [3.05, 3.63) is 52.5 Å². The fourth-order valence-corrected chi connectivity index (χ4v) is 3.36. The summed E-state index contributed by atoms with van der Waals surface area (Å²) in [6.45, 7) is 0.207. The molecular weight excluding hydrogens is 444 g/mol. The Labute approximate surface area is 156 Å². The highest BCUT2D eigenvalue weighted by atomic mass is 79.9. The zero-order chi connectivity index (χ0) is 15.5. The number of hydrogen-bond acceptors (Lipinski definition) is 5. The van der Waals surface area contributed by atoms with Gasteiger partial charge in [-0.15, -0.1) is 17.0 Å². The van der Waals surface area contributed by atoms with Crippen molar-refractivity contribution in [3.63, 3.8) is 0 Å². The van der Waals surface area contributed by atoms with E-state index in [1.165, 1.54) is 11.3 Å². The normalized spacial score (nSPS) is 10.2. The van der Waals surface area contributed by atoms with E-state index in [-0.39, 0.29) is 29.3 Å². The Morgan fingerprint density at radius 2 is 2.09 bits per heavy atom.